The third-order valence-corrected chi connectivity index (χ3v) is 3.83. The molecule has 0 aliphatic heterocycles. The summed E-state index contributed by atoms with van der Waals surface area (Å²) in [6.45, 7) is 0. The van der Waals surface area contributed by atoms with Crippen molar-refractivity contribution in [2.45, 2.75) is 12.8 Å². The monoisotopic (exact) mass is 323 g/mol. The van der Waals surface area contributed by atoms with Crippen LogP contribution in [0.4, 0.5) is 0 Å². The van der Waals surface area contributed by atoms with E-state index in [-0.39, 0.29) is 23.0 Å². The first-order chi connectivity index (χ1) is 11.5. The van der Waals surface area contributed by atoms with Gasteiger partial charge in [-0.3, -0.25) is 4.98 Å². The van der Waals surface area contributed by atoms with Crippen molar-refractivity contribution in [1.82, 2.24) is 4.98 Å². The maximum Gasteiger partial charge on any atom is 0.157 e. The first-order valence-electron chi connectivity index (χ1n) is 7.47. The highest BCUT2D eigenvalue weighted by molar-refractivity contribution is 5.44. The number of hydrogen-bond acceptors (Lipinski definition) is 5. The van der Waals surface area contributed by atoms with E-state index in [0.29, 0.717) is 12.8 Å². The SMILES string of the molecule is Oc1ccc(Cc2cccnc2Cc2ccc(O)c(O)c2)cc1O. The molecule has 0 spiro atoms. The van der Waals surface area contributed by atoms with Gasteiger partial charge in [-0.05, 0) is 53.4 Å². The first kappa shape index (κ1) is 15.7. The number of pyridine rings is 1. The lowest BCUT2D eigenvalue weighted by molar-refractivity contribution is 0.403. The Labute approximate surface area is 139 Å². The number of benzene rings is 2. The van der Waals surface area contributed by atoms with Crippen molar-refractivity contribution >= 4 is 0 Å². The maximum atomic E-state index is 9.62. The molecule has 122 valence electrons. The average molecular weight is 323 g/mol. The van der Waals surface area contributed by atoms with E-state index in [0.717, 1.165) is 22.4 Å². The summed E-state index contributed by atoms with van der Waals surface area (Å²) < 4.78 is 0. The third kappa shape index (κ3) is 3.41. The number of aromatic hydroxyl groups is 4. The maximum absolute atomic E-state index is 9.62. The van der Waals surface area contributed by atoms with E-state index in [9.17, 15) is 20.4 Å². The van der Waals surface area contributed by atoms with Gasteiger partial charge >= 0.3 is 0 Å². The Morgan fingerprint density at radius 2 is 1.25 bits per heavy atom. The summed E-state index contributed by atoms with van der Waals surface area (Å²) in [5.74, 6) is -0.612. The zero-order valence-electron chi connectivity index (χ0n) is 12.8. The standard InChI is InChI=1S/C19H17NO4/c21-16-5-3-12(10-18(16)23)8-14-2-1-7-20-15(14)9-13-4-6-17(22)19(24)11-13/h1-7,10-11,21-24H,8-9H2. The second-order valence-corrected chi connectivity index (χ2v) is 5.61. The fourth-order valence-electron chi connectivity index (χ4n) is 2.56. The van der Waals surface area contributed by atoms with Crippen LogP contribution in [0.1, 0.15) is 22.4 Å². The number of aromatic nitrogens is 1. The second kappa shape index (κ2) is 6.50. The van der Waals surface area contributed by atoms with E-state index in [1.165, 1.54) is 24.3 Å². The van der Waals surface area contributed by atoms with E-state index < -0.39 is 0 Å². The molecule has 3 rings (SSSR count). The van der Waals surface area contributed by atoms with Crippen LogP contribution in [0.5, 0.6) is 23.0 Å². The minimum absolute atomic E-state index is 0.148. The Morgan fingerprint density at radius 3 is 1.83 bits per heavy atom. The van der Waals surface area contributed by atoms with Crippen molar-refractivity contribution in [3.63, 3.8) is 0 Å². The molecule has 4 N–H and O–H groups in total. The molecule has 0 radical (unpaired) electrons. The van der Waals surface area contributed by atoms with Gasteiger partial charge in [0.1, 0.15) is 0 Å². The summed E-state index contributed by atoms with van der Waals surface area (Å²) in [6, 6.07) is 13.2. The van der Waals surface area contributed by atoms with Gasteiger partial charge in [0.2, 0.25) is 0 Å². The molecule has 0 unspecified atom stereocenters. The number of phenols is 4. The Morgan fingerprint density at radius 1 is 0.667 bits per heavy atom. The minimum atomic E-state index is -0.159. The van der Waals surface area contributed by atoms with Crippen LogP contribution >= 0.6 is 0 Å². The second-order valence-electron chi connectivity index (χ2n) is 5.61. The lowest BCUT2D eigenvalue weighted by atomic mass is 9.99. The van der Waals surface area contributed by atoms with Gasteiger partial charge in [0.15, 0.2) is 23.0 Å². The van der Waals surface area contributed by atoms with Crippen LogP contribution in [0.2, 0.25) is 0 Å². The number of rotatable bonds is 4. The highest BCUT2D eigenvalue weighted by Gasteiger charge is 2.09. The highest BCUT2D eigenvalue weighted by atomic mass is 16.3. The molecule has 0 amide bonds. The first-order valence-corrected chi connectivity index (χ1v) is 7.47. The minimum Gasteiger partial charge on any atom is -0.504 e. The lowest BCUT2D eigenvalue weighted by Gasteiger charge is -2.10. The molecular weight excluding hydrogens is 306 g/mol. The van der Waals surface area contributed by atoms with Crippen LogP contribution in [0, 0.1) is 0 Å². The number of nitrogens with zero attached hydrogens (tertiary/aromatic N) is 1. The molecule has 0 atom stereocenters. The van der Waals surface area contributed by atoms with Gasteiger partial charge in [-0.1, -0.05) is 18.2 Å². The predicted molar refractivity (Wildman–Crippen MR) is 89.4 cm³/mol. The van der Waals surface area contributed by atoms with Gasteiger partial charge in [0.25, 0.3) is 0 Å². The van der Waals surface area contributed by atoms with Gasteiger partial charge in [0.05, 0.1) is 0 Å². The molecule has 0 aliphatic rings. The fourth-order valence-corrected chi connectivity index (χ4v) is 2.56. The molecule has 0 fully saturated rings. The largest absolute Gasteiger partial charge is 0.504 e. The molecule has 0 aliphatic carbocycles. The van der Waals surface area contributed by atoms with Crippen LogP contribution < -0.4 is 0 Å². The smallest absolute Gasteiger partial charge is 0.157 e. The van der Waals surface area contributed by atoms with Crippen LogP contribution in [-0.2, 0) is 12.8 Å². The van der Waals surface area contributed by atoms with E-state index >= 15 is 0 Å². The number of hydrogen-bond donors (Lipinski definition) is 4. The normalized spacial score (nSPS) is 10.7. The van der Waals surface area contributed by atoms with Crippen LogP contribution in [0.3, 0.4) is 0 Å². The third-order valence-electron chi connectivity index (χ3n) is 3.83. The van der Waals surface area contributed by atoms with Gasteiger partial charge < -0.3 is 20.4 Å². The molecule has 0 saturated heterocycles. The van der Waals surface area contributed by atoms with Gasteiger partial charge in [0, 0.05) is 18.3 Å². The lowest BCUT2D eigenvalue weighted by Crippen LogP contribution is -2.00. The van der Waals surface area contributed by atoms with Gasteiger partial charge in [-0.2, -0.15) is 0 Å². The van der Waals surface area contributed by atoms with E-state index in [1.807, 2.05) is 12.1 Å². The Kier molecular flexibility index (Phi) is 4.24. The molecular formula is C19H17NO4. The van der Waals surface area contributed by atoms with Crippen LogP contribution in [0.25, 0.3) is 0 Å². The summed E-state index contributed by atoms with van der Waals surface area (Å²) in [7, 11) is 0. The number of phenolic OH excluding ortho intramolecular Hbond substituents is 4. The Balaban J connectivity index is 1.87. The Bertz CT molecular complexity index is 804. The van der Waals surface area contributed by atoms with Crippen molar-refractivity contribution in [3.8, 4) is 23.0 Å². The molecule has 0 saturated carbocycles. The summed E-state index contributed by atoms with van der Waals surface area (Å²) >= 11 is 0. The molecule has 3 aromatic rings. The summed E-state index contributed by atoms with van der Waals surface area (Å²) in [6.07, 6.45) is 2.77. The van der Waals surface area contributed by atoms with Crippen molar-refractivity contribution in [1.29, 1.82) is 0 Å². The van der Waals surface area contributed by atoms with E-state index in [1.54, 1.807) is 18.3 Å². The highest BCUT2D eigenvalue weighted by Crippen LogP contribution is 2.28. The molecule has 0 bridgehead atoms. The van der Waals surface area contributed by atoms with Crippen molar-refractivity contribution in [2.24, 2.45) is 0 Å². The molecule has 24 heavy (non-hydrogen) atoms. The van der Waals surface area contributed by atoms with Gasteiger partial charge in [-0.15, -0.1) is 0 Å². The topological polar surface area (TPSA) is 93.8 Å². The van der Waals surface area contributed by atoms with Gasteiger partial charge in [-0.25, -0.2) is 0 Å². The van der Waals surface area contributed by atoms with Crippen LogP contribution in [0.15, 0.2) is 54.7 Å². The molecule has 1 aromatic heterocycles. The van der Waals surface area contributed by atoms with Crippen LogP contribution in [-0.4, -0.2) is 25.4 Å². The molecule has 1 heterocycles. The molecule has 2 aromatic carbocycles. The summed E-state index contributed by atoms with van der Waals surface area (Å²) in [5.41, 5.74) is 3.51. The fraction of sp³-hybridized carbons (Fsp3) is 0.105. The van der Waals surface area contributed by atoms with Crippen molar-refractivity contribution in [3.05, 3.63) is 77.1 Å². The van der Waals surface area contributed by atoms with Crippen molar-refractivity contribution in [2.75, 3.05) is 0 Å². The molecule has 5 nitrogen and oxygen atoms in total. The summed E-state index contributed by atoms with van der Waals surface area (Å²) in [5, 5.41) is 38.0. The Hall–Kier alpha value is -3.21. The van der Waals surface area contributed by atoms with E-state index in [4.69, 9.17) is 0 Å². The zero-order chi connectivity index (χ0) is 17.1. The van der Waals surface area contributed by atoms with Crippen molar-refractivity contribution < 1.29 is 20.4 Å². The average Bonchev–Trinajstić information content (AvgIpc) is 2.56. The zero-order valence-corrected chi connectivity index (χ0v) is 12.8. The quantitative estimate of drug-likeness (QED) is 0.554. The summed E-state index contributed by atoms with van der Waals surface area (Å²) in [4.78, 5) is 4.41. The predicted octanol–water partition coefficient (Wildman–Crippen LogP) is 3.09. The molecule has 5 heteroatoms. The van der Waals surface area contributed by atoms with E-state index in [2.05, 4.69) is 4.98 Å².